The molecule has 3 aromatic rings. The summed E-state index contributed by atoms with van der Waals surface area (Å²) in [6, 6.07) is 2.03. The zero-order chi connectivity index (χ0) is 29.7. The molecule has 1 saturated carbocycles. The number of carbonyl (C=O) groups is 2. The van der Waals surface area contributed by atoms with Crippen molar-refractivity contribution in [2.75, 3.05) is 10.6 Å². The van der Waals surface area contributed by atoms with Gasteiger partial charge in [-0.2, -0.15) is 10.2 Å². The minimum absolute atomic E-state index is 0.0570. The van der Waals surface area contributed by atoms with E-state index >= 15 is 4.39 Å². The van der Waals surface area contributed by atoms with Gasteiger partial charge in [0.1, 0.15) is 17.1 Å². The molecule has 12 nitrogen and oxygen atoms in total. The first-order valence-corrected chi connectivity index (χ1v) is 13.8. The van der Waals surface area contributed by atoms with Crippen molar-refractivity contribution in [3.05, 3.63) is 47.8 Å². The van der Waals surface area contributed by atoms with Gasteiger partial charge in [0.05, 0.1) is 41.6 Å². The Labute approximate surface area is 238 Å². The van der Waals surface area contributed by atoms with Crippen LogP contribution in [-0.4, -0.2) is 54.6 Å². The average molecular weight is 568 g/mol. The van der Waals surface area contributed by atoms with E-state index in [0.29, 0.717) is 17.1 Å². The molecule has 1 aliphatic rings. The molecule has 0 aliphatic heterocycles. The molecule has 1 aliphatic carbocycles. The van der Waals surface area contributed by atoms with E-state index in [1.54, 1.807) is 45.4 Å². The fraction of sp³-hybridized carbons (Fsp3) is 0.500. The molecule has 13 heteroatoms. The van der Waals surface area contributed by atoms with Crippen LogP contribution in [0.2, 0.25) is 0 Å². The van der Waals surface area contributed by atoms with Crippen LogP contribution in [0, 0.1) is 18.7 Å². The maximum atomic E-state index is 15.4. The number of carbonyl (C=O) groups excluding carboxylic acids is 2. The molecule has 0 radical (unpaired) electrons. The number of pyridine rings is 2. The van der Waals surface area contributed by atoms with E-state index in [4.69, 9.17) is 10.5 Å². The highest BCUT2D eigenvalue weighted by molar-refractivity contribution is 5.98. The molecule has 2 atom stereocenters. The van der Waals surface area contributed by atoms with Crippen molar-refractivity contribution in [3.63, 3.8) is 0 Å². The Morgan fingerprint density at radius 1 is 1.12 bits per heavy atom. The number of rotatable bonds is 9. The summed E-state index contributed by atoms with van der Waals surface area (Å²) < 4.78 is 20.8. The van der Waals surface area contributed by atoms with Crippen LogP contribution in [0.3, 0.4) is 0 Å². The largest absolute Gasteiger partial charge is 0.444 e. The second kappa shape index (κ2) is 12.5. The van der Waals surface area contributed by atoms with Gasteiger partial charge in [0, 0.05) is 6.04 Å². The van der Waals surface area contributed by atoms with Crippen LogP contribution >= 0.6 is 0 Å². The number of nitrogens with two attached hydrogens (primary N) is 1. The van der Waals surface area contributed by atoms with Crippen molar-refractivity contribution in [3.8, 4) is 5.69 Å². The summed E-state index contributed by atoms with van der Waals surface area (Å²) in [5.41, 5.74) is 6.56. The quantitative estimate of drug-likeness (QED) is 0.289. The molecule has 0 spiro atoms. The van der Waals surface area contributed by atoms with E-state index < -0.39 is 29.5 Å². The van der Waals surface area contributed by atoms with Crippen LogP contribution in [0.15, 0.2) is 30.7 Å². The highest BCUT2D eigenvalue weighted by Crippen LogP contribution is 2.32. The van der Waals surface area contributed by atoms with Gasteiger partial charge in [-0.1, -0.05) is 19.3 Å². The summed E-state index contributed by atoms with van der Waals surface area (Å²) in [6.45, 7) is 9.04. The van der Waals surface area contributed by atoms with E-state index in [1.165, 1.54) is 4.80 Å². The molecular weight excluding hydrogens is 529 g/mol. The van der Waals surface area contributed by atoms with Gasteiger partial charge in [0.2, 0.25) is 0 Å². The van der Waals surface area contributed by atoms with Crippen molar-refractivity contribution in [2.24, 2.45) is 11.7 Å². The lowest BCUT2D eigenvalue weighted by Gasteiger charge is -2.36. The van der Waals surface area contributed by atoms with Crippen molar-refractivity contribution < 1.29 is 18.7 Å². The Morgan fingerprint density at radius 2 is 1.80 bits per heavy atom. The Balaban J connectivity index is 1.64. The Bertz CT molecular complexity index is 1370. The standard InChI is InChI=1S/C28H38FN9O3/c1-16-22(38-32-11-12-33-38)13-19(15-31-16)35-25-20(24(30)39)14-21(29)26(37-25)36-23(18-9-7-6-8-10-18)17(2)34-27(40)41-28(3,4)5/h11-15,17-18,23H,6-10H2,1-5H3,(H2,30,39)(H,34,40)(H2,35,36,37)/t17-,23-/m0/s1. The highest BCUT2D eigenvalue weighted by atomic mass is 19.1. The molecule has 220 valence electrons. The van der Waals surface area contributed by atoms with E-state index in [1.807, 2.05) is 13.8 Å². The average Bonchev–Trinajstić information content (AvgIpc) is 3.43. The minimum Gasteiger partial charge on any atom is -0.444 e. The smallest absolute Gasteiger partial charge is 0.407 e. The van der Waals surface area contributed by atoms with E-state index in [-0.39, 0.29) is 29.2 Å². The molecule has 0 saturated heterocycles. The first-order chi connectivity index (χ1) is 19.4. The molecule has 1 fully saturated rings. The summed E-state index contributed by atoms with van der Waals surface area (Å²) in [7, 11) is 0. The van der Waals surface area contributed by atoms with Gasteiger partial charge < -0.3 is 26.4 Å². The van der Waals surface area contributed by atoms with Crippen LogP contribution in [0.1, 0.15) is 75.9 Å². The zero-order valence-corrected chi connectivity index (χ0v) is 24.1. The van der Waals surface area contributed by atoms with Crippen molar-refractivity contribution in [1.82, 2.24) is 30.3 Å². The number of amides is 2. The number of aryl methyl sites for hydroxylation is 1. The normalized spacial score (nSPS) is 15.6. The SMILES string of the molecule is Cc1ncc(Nc2nc(N[C@H](C3CCCCC3)[C@H](C)NC(=O)OC(C)(C)C)c(F)cc2C(N)=O)cc1-n1nccn1. The minimum atomic E-state index is -0.844. The fourth-order valence-electron chi connectivity index (χ4n) is 5.03. The molecule has 2 amide bonds. The van der Waals surface area contributed by atoms with Gasteiger partial charge >= 0.3 is 6.09 Å². The summed E-state index contributed by atoms with van der Waals surface area (Å²) in [5.74, 6) is -1.43. The van der Waals surface area contributed by atoms with E-state index in [2.05, 4.69) is 36.1 Å². The lowest BCUT2D eigenvalue weighted by atomic mass is 9.81. The van der Waals surface area contributed by atoms with Crippen LogP contribution in [0.4, 0.5) is 26.5 Å². The van der Waals surface area contributed by atoms with Crippen LogP contribution in [0.5, 0.6) is 0 Å². The molecule has 0 bridgehead atoms. The summed E-state index contributed by atoms with van der Waals surface area (Å²) >= 11 is 0. The Morgan fingerprint density at radius 3 is 2.44 bits per heavy atom. The zero-order valence-electron chi connectivity index (χ0n) is 24.1. The number of primary amides is 1. The summed E-state index contributed by atoms with van der Waals surface area (Å²) in [6.07, 6.45) is 9.15. The predicted molar refractivity (Wildman–Crippen MR) is 153 cm³/mol. The monoisotopic (exact) mass is 567 g/mol. The molecule has 3 aromatic heterocycles. The maximum absolute atomic E-state index is 15.4. The van der Waals surface area contributed by atoms with Crippen molar-refractivity contribution in [2.45, 2.75) is 84.4 Å². The van der Waals surface area contributed by atoms with Crippen LogP contribution < -0.4 is 21.7 Å². The second-order valence-electron chi connectivity index (χ2n) is 11.4. The second-order valence-corrected chi connectivity index (χ2v) is 11.4. The number of halogens is 1. The van der Waals surface area contributed by atoms with Crippen LogP contribution in [-0.2, 0) is 4.74 Å². The van der Waals surface area contributed by atoms with E-state index in [9.17, 15) is 9.59 Å². The number of anilines is 3. The number of nitrogens with zero attached hydrogens (tertiary/aromatic N) is 5. The highest BCUT2D eigenvalue weighted by Gasteiger charge is 2.32. The van der Waals surface area contributed by atoms with Gasteiger partial charge in [-0.05, 0) is 65.5 Å². The number of ether oxygens (including phenoxy) is 1. The third-order valence-electron chi connectivity index (χ3n) is 6.94. The molecule has 4 rings (SSSR count). The number of hydrogen-bond acceptors (Lipinski definition) is 9. The number of alkyl carbamates (subject to hydrolysis) is 1. The number of aromatic nitrogens is 5. The molecule has 41 heavy (non-hydrogen) atoms. The van der Waals surface area contributed by atoms with Gasteiger partial charge in [-0.15, -0.1) is 4.80 Å². The number of nitrogens with one attached hydrogen (secondary N) is 3. The molecular formula is C28H38FN9O3. The molecule has 0 aromatic carbocycles. The first kappa shape index (κ1) is 29.7. The van der Waals surface area contributed by atoms with Crippen molar-refractivity contribution in [1.29, 1.82) is 0 Å². The molecule has 3 heterocycles. The van der Waals surface area contributed by atoms with Crippen molar-refractivity contribution >= 4 is 29.3 Å². The third kappa shape index (κ3) is 7.68. The van der Waals surface area contributed by atoms with Gasteiger partial charge in [-0.25, -0.2) is 14.2 Å². The molecule has 5 N–H and O–H groups in total. The topological polar surface area (TPSA) is 162 Å². The lowest BCUT2D eigenvalue weighted by molar-refractivity contribution is 0.0495. The predicted octanol–water partition coefficient (Wildman–Crippen LogP) is 4.62. The van der Waals surface area contributed by atoms with Gasteiger partial charge in [0.25, 0.3) is 5.91 Å². The maximum Gasteiger partial charge on any atom is 0.407 e. The summed E-state index contributed by atoms with van der Waals surface area (Å²) in [4.78, 5) is 35.1. The van der Waals surface area contributed by atoms with Crippen LogP contribution in [0.25, 0.3) is 5.69 Å². The fourth-order valence-corrected chi connectivity index (χ4v) is 5.03. The first-order valence-electron chi connectivity index (χ1n) is 13.8. The lowest BCUT2D eigenvalue weighted by Crippen LogP contribution is -2.50. The summed E-state index contributed by atoms with van der Waals surface area (Å²) in [5, 5.41) is 17.5. The Kier molecular flexibility index (Phi) is 9.04. The van der Waals surface area contributed by atoms with Gasteiger partial charge in [0.15, 0.2) is 11.6 Å². The molecule has 0 unspecified atom stereocenters. The third-order valence-corrected chi connectivity index (χ3v) is 6.94. The van der Waals surface area contributed by atoms with E-state index in [0.717, 1.165) is 38.2 Å². The van der Waals surface area contributed by atoms with Gasteiger partial charge in [-0.3, -0.25) is 9.78 Å². The Hall–Kier alpha value is -4.29. The number of hydrogen-bond donors (Lipinski definition) is 4.